The van der Waals surface area contributed by atoms with Gasteiger partial charge < -0.3 is 15.8 Å². The van der Waals surface area contributed by atoms with E-state index in [9.17, 15) is 8.42 Å². The van der Waals surface area contributed by atoms with Gasteiger partial charge in [-0.05, 0) is 31.0 Å². The molecule has 18 heavy (non-hydrogen) atoms. The van der Waals surface area contributed by atoms with Crippen molar-refractivity contribution in [1.29, 1.82) is 0 Å². The summed E-state index contributed by atoms with van der Waals surface area (Å²) < 4.78 is 27.7. The van der Waals surface area contributed by atoms with Crippen LogP contribution in [0, 0.1) is 0 Å². The Morgan fingerprint density at radius 3 is 2.56 bits per heavy atom. The predicted molar refractivity (Wildman–Crippen MR) is 69.7 cm³/mol. The number of anilines is 2. The minimum absolute atomic E-state index is 0.0209. The second-order valence-corrected chi connectivity index (χ2v) is 6.07. The number of sulfonamides is 1. The highest BCUT2D eigenvalue weighted by molar-refractivity contribution is 7.89. The molecule has 0 radical (unpaired) electrons. The fraction of sp³-hybridized carbons (Fsp3) is 0.455. The van der Waals surface area contributed by atoms with E-state index in [1.165, 1.54) is 12.1 Å². The monoisotopic (exact) mass is 271 g/mol. The van der Waals surface area contributed by atoms with Gasteiger partial charge in [0.2, 0.25) is 10.0 Å². The van der Waals surface area contributed by atoms with Gasteiger partial charge in [0.1, 0.15) is 0 Å². The first-order valence-electron chi connectivity index (χ1n) is 5.61. The van der Waals surface area contributed by atoms with Gasteiger partial charge in [0.05, 0.1) is 11.0 Å². The Kier molecular flexibility index (Phi) is 3.47. The molecule has 1 fully saturated rings. The van der Waals surface area contributed by atoms with Crippen LogP contribution in [0.4, 0.5) is 11.4 Å². The maximum absolute atomic E-state index is 11.3. The Hall–Kier alpha value is -1.31. The van der Waals surface area contributed by atoms with E-state index in [2.05, 4.69) is 5.32 Å². The Balaban J connectivity index is 2.12. The number of nitrogens with two attached hydrogens (primary N) is 2. The molecule has 1 aromatic rings. The molecule has 0 heterocycles. The summed E-state index contributed by atoms with van der Waals surface area (Å²) in [6.45, 7) is 0. The van der Waals surface area contributed by atoms with Crippen LogP contribution < -0.4 is 16.2 Å². The van der Waals surface area contributed by atoms with E-state index in [0.717, 1.165) is 12.8 Å². The molecule has 0 aromatic heterocycles. The quantitative estimate of drug-likeness (QED) is 0.691. The molecule has 6 nitrogen and oxygen atoms in total. The SMILES string of the molecule is COC1CC(Nc2cc(N)cc(S(N)(=O)=O)c2)C1. The molecular formula is C11H17N3O3S. The molecule has 1 saturated carbocycles. The zero-order valence-corrected chi connectivity index (χ0v) is 10.9. The molecule has 0 spiro atoms. The van der Waals surface area contributed by atoms with Crippen molar-refractivity contribution in [2.45, 2.75) is 29.9 Å². The lowest BCUT2D eigenvalue weighted by atomic mass is 9.89. The lowest BCUT2D eigenvalue weighted by Gasteiger charge is -2.35. The number of primary sulfonamides is 1. The minimum Gasteiger partial charge on any atom is -0.399 e. The number of rotatable bonds is 4. The van der Waals surface area contributed by atoms with Crippen molar-refractivity contribution in [2.75, 3.05) is 18.2 Å². The first kappa shape index (κ1) is 13.1. The molecule has 0 atom stereocenters. The molecule has 0 bridgehead atoms. The van der Waals surface area contributed by atoms with Gasteiger partial charge in [-0.1, -0.05) is 0 Å². The summed E-state index contributed by atoms with van der Waals surface area (Å²) >= 11 is 0. The van der Waals surface area contributed by atoms with Crippen LogP contribution >= 0.6 is 0 Å². The summed E-state index contributed by atoms with van der Waals surface area (Å²) in [7, 11) is -2.05. The van der Waals surface area contributed by atoms with Crippen LogP contribution in [0.3, 0.4) is 0 Å². The van der Waals surface area contributed by atoms with Crippen LogP contribution in [0.1, 0.15) is 12.8 Å². The Bertz CT molecular complexity index is 538. The third kappa shape index (κ3) is 2.92. The summed E-state index contributed by atoms with van der Waals surface area (Å²) in [5.74, 6) is 0. The molecule has 1 aliphatic rings. The zero-order valence-electron chi connectivity index (χ0n) is 10.1. The molecule has 0 aliphatic heterocycles. The average molecular weight is 271 g/mol. The van der Waals surface area contributed by atoms with E-state index < -0.39 is 10.0 Å². The fourth-order valence-corrected chi connectivity index (χ4v) is 2.57. The number of nitrogen functional groups attached to an aromatic ring is 1. The van der Waals surface area contributed by atoms with Gasteiger partial charge in [-0.25, -0.2) is 13.6 Å². The van der Waals surface area contributed by atoms with Gasteiger partial charge in [0, 0.05) is 24.5 Å². The third-order valence-electron chi connectivity index (χ3n) is 3.06. The first-order chi connectivity index (χ1) is 8.38. The summed E-state index contributed by atoms with van der Waals surface area (Å²) in [5, 5.41) is 8.30. The second-order valence-electron chi connectivity index (χ2n) is 4.51. The van der Waals surface area contributed by atoms with Crippen LogP contribution in [0.25, 0.3) is 0 Å². The highest BCUT2D eigenvalue weighted by Crippen LogP contribution is 2.28. The Labute approximate surface area is 106 Å². The molecule has 7 heteroatoms. The van der Waals surface area contributed by atoms with Crippen LogP contribution in [-0.2, 0) is 14.8 Å². The summed E-state index contributed by atoms with van der Waals surface area (Å²) in [5.41, 5.74) is 6.69. The Morgan fingerprint density at radius 2 is 2.00 bits per heavy atom. The fourth-order valence-electron chi connectivity index (χ4n) is 1.98. The largest absolute Gasteiger partial charge is 0.399 e. The summed E-state index contributed by atoms with van der Waals surface area (Å²) in [6.07, 6.45) is 2.08. The number of benzene rings is 1. The van der Waals surface area contributed by atoms with Crippen LogP contribution in [0.15, 0.2) is 23.1 Å². The number of methoxy groups -OCH3 is 1. The lowest BCUT2D eigenvalue weighted by Crippen LogP contribution is -2.40. The van der Waals surface area contributed by atoms with E-state index in [4.69, 9.17) is 15.6 Å². The third-order valence-corrected chi connectivity index (χ3v) is 3.95. The van der Waals surface area contributed by atoms with Gasteiger partial charge >= 0.3 is 0 Å². The van der Waals surface area contributed by atoms with Crippen LogP contribution in [-0.4, -0.2) is 27.7 Å². The number of nitrogens with one attached hydrogen (secondary N) is 1. The molecule has 0 unspecified atom stereocenters. The van der Waals surface area contributed by atoms with Crippen molar-refractivity contribution in [2.24, 2.45) is 5.14 Å². The van der Waals surface area contributed by atoms with Crippen molar-refractivity contribution in [3.63, 3.8) is 0 Å². The van der Waals surface area contributed by atoms with Gasteiger partial charge in [-0.15, -0.1) is 0 Å². The maximum Gasteiger partial charge on any atom is 0.238 e. The van der Waals surface area contributed by atoms with E-state index >= 15 is 0 Å². The molecule has 0 saturated heterocycles. The van der Waals surface area contributed by atoms with E-state index in [-0.39, 0.29) is 17.0 Å². The normalized spacial score (nSPS) is 23.4. The minimum atomic E-state index is -3.73. The van der Waals surface area contributed by atoms with Gasteiger partial charge in [-0.2, -0.15) is 0 Å². The second kappa shape index (κ2) is 4.75. The Morgan fingerprint density at radius 1 is 1.33 bits per heavy atom. The van der Waals surface area contributed by atoms with Crippen molar-refractivity contribution in [3.8, 4) is 0 Å². The van der Waals surface area contributed by atoms with Crippen molar-refractivity contribution >= 4 is 21.4 Å². The summed E-state index contributed by atoms with van der Waals surface area (Å²) in [6, 6.07) is 4.81. The highest BCUT2D eigenvalue weighted by atomic mass is 32.2. The van der Waals surface area contributed by atoms with Crippen LogP contribution in [0.5, 0.6) is 0 Å². The van der Waals surface area contributed by atoms with Crippen molar-refractivity contribution in [1.82, 2.24) is 0 Å². The number of hydrogen-bond acceptors (Lipinski definition) is 5. The summed E-state index contributed by atoms with van der Waals surface area (Å²) in [4.78, 5) is 0.0209. The number of hydrogen-bond donors (Lipinski definition) is 3. The van der Waals surface area contributed by atoms with Gasteiger partial charge in [0.15, 0.2) is 0 Å². The molecular weight excluding hydrogens is 254 g/mol. The predicted octanol–water partition coefficient (Wildman–Crippen LogP) is 0.506. The lowest BCUT2D eigenvalue weighted by molar-refractivity contribution is 0.0329. The zero-order chi connectivity index (χ0) is 13.3. The van der Waals surface area contributed by atoms with Crippen LogP contribution in [0.2, 0.25) is 0 Å². The molecule has 1 aliphatic carbocycles. The van der Waals surface area contributed by atoms with Gasteiger partial charge in [-0.3, -0.25) is 0 Å². The molecule has 100 valence electrons. The topological polar surface area (TPSA) is 107 Å². The molecule has 1 aromatic carbocycles. The van der Waals surface area contributed by atoms with E-state index in [0.29, 0.717) is 11.4 Å². The van der Waals surface area contributed by atoms with Crippen molar-refractivity contribution < 1.29 is 13.2 Å². The first-order valence-corrected chi connectivity index (χ1v) is 7.16. The van der Waals surface area contributed by atoms with E-state index in [1.54, 1.807) is 13.2 Å². The standard InChI is InChI=1S/C11H17N3O3S/c1-17-10-4-9(5-10)14-8-2-7(12)3-11(6-8)18(13,15)16/h2-3,6,9-10,14H,4-5,12H2,1H3,(H2,13,15,16). The molecule has 5 N–H and O–H groups in total. The van der Waals surface area contributed by atoms with Gasteiger partial charge in [0.25, 0.3) is 0 Å². The highest BCUT2D eigenvalue weighted by Gasteiger charge is 2.28. The smallest absolute Gasteiger partial charge is 0.238 e. The number of ether oxygens (including phenoxy) is 1. The molecule has 0 amide bonds. The molecule has 2 rings (SSSR count). The average Bonchev–Trinajstić information content (AvgIpc) is 2.20. The van der Waals surface area contributed by atoms with E-state index in [1.807, 2.05) is 0 Å². The maximum atomic E-state index is 11.3. The van der Waals surface area contributed by atoms with Crippen molar-refractivity contribution in [3.05, 3.63) is 18.2 Å².